The van der Waals surface area contributed by atoms with Crippen molar-refractivity contribution in [1.82, 2.24) is 4.98 Å². The molecule has 0 unspecified atom stereocenters. The zero-order chi connectivity index (χ0) is 21.1. The van der Waals surface area contributed by atoms with E-state index in [4.69, 9.17) is 21.1 Å². The van der Waals surface area contributed by atoms with Crippen molar-refractivity contribution in [2.45, 2.75) is 6.54 Å². The Morgan fingerprint density at radius 2 is 1.80 bits per heavy atom. The highest BCUT2D eigenvalue weighted by Crippen LogP contribution is 2.37. The molecule has 0 spiro atoms. The van der Waals surface area contributed by atoms with Gasteiger partial charge in [-0.1, -0.05) is 41.9 Å². The average molecular weight is 439 g/mol. The van der Waals surface area contributed by atoms with Crippen LogP contribution in [0.1, 0.15) is 15.2 Å². The lowest BCUT2D eigenvalue weighted by atomic mass is 10.1. The maximum atomic E-state index is 13.6. The molecule has 0 saturated carbocycles. The minimum Gasteiger partial charge on any atom is -0.493 e. The summed E-state index contributed by atoms with van der Waals surface area (Å²) in [5, 5.41) is 1.34. The Bertz CT molecular complexity index is 1190. The average Bonchev–Trinajstić information content (AvgIpc) is 3.14. The number of ether oxygens (including phenoxy) is 2. The number of halogens is 1. The summed E-state index contributed by atoms with van der Waals surface area (Å²) in [5.74, 6) is 1.58. The van der Waals surface area contributed by atoms with Crippen LogP contribution in [0.15, 0.2) is 66.9 Å². The van der Waals surface area contributed by atoms with Gasteiger partial charge in [0.05, 0.1) is 25.8 Å². The van der Waals surface area contributed by atoms with Crippen molar-refractivity contribution in [2.75, 3.05) is 19.1 Å². The molecule has 0 bridgehead atoms. The molecule has 0 fully saturated rings. The van der Waals surface area contributed by atoms with Gasteiger partial charge in [0.2, 0.25) is 0 Å². The van der Waals surface area contributed by atoms with Gasteiger partial charge in [0.25, 0.3) is 5.91 Å². The van der Waals surface area contributed by atoms with Gasteiger partial charge < -0.3 is 9.47 Å². The fourth-order valence-electron chi connectivity index (χ4n) is 3.21. The van der Waals surface area contributed by atoms with Crippen LogP contribution >= 0.6 is 22.9 Å². The second-order valence-corrected chi connectivity index (χ2v) is 7.94. The lowest BCUT2D eigenvalue weighted by Gasteiger charge is -2.22. The van der Waals surface area contributed by atoms with Crippen molar-refractivity contribution in [3.8, 4) is 11.5 Å². The quantitative estimate of drug-likeness (QED) is 0.381. The number of anilines is 1. The molecule has 7 heteroatoms. The van der Waals surface area contributed by atoms with Crippen LogP contribution in [0.25, 0.3) is 10.1 Å². The van der Waals surface area contributed by atoms with E-state index in [0.29, 0.717) is 33.8 Å². The molecular weight excluding hydrogens is 420 g/mol. The standard InChI is InChI=1S/C23H19ClN2O3S/c1-28-17-11-10-15(13-18(17)29-2)14-26(20-9-5-6-12-25-20)23(27)22-21(24)16-7-3-4-8-19(16)30-22/h3-13H,14H2,1-2H3. The minimum atomic E-state index is -0.199. The van der Waals surface area contributed by atoms with E-state index in [1.807, 2.05) is 54.6 Å². The second kappa shape index (κ2) is 8.73. The first-order valence-corrected chi connectivity index (χ1v) is 10.4. The van der Waals surface area contributed by atoms with E-state index >= 15 is 0 Å². The second-order valence-electron chi connectivity index (χ2n) is 6.51. The van der Waals surface area contributed by atoms with Gasteiger partial charge in [-0.15, -0.1) is 11.3 Å². The number of nitrogens with zero attached hydrogens (tertiary/aromatic N) is 2. The molecule has 2 aromatic heterocycles. The number of carbonyl (C=O) groups excluding carboxylic acids is 1. The molecule has 4 rings (SSSR count). The number of fused-ring (bicyclic) bond motifs is 1. The fraction of sp³-hybridized carbons (Fsp3) is 0.130. The smallest absolute Gasteiger partial charge is 0.271 e. The molecule has 30 heavy (non-hydrogen) atoms. The summed E-state index contributed by atoms with van der Waals surface area (Å²) < 4.78 is 11.7. The number of rotatable bonds is 6. The molecule has 1 amide bonds. The number of thiophene rings is 1. The Balaban J connectivity index is 1.75. The molecule has 0 aliphatic rings. The summed E-state index contributed by atoms with van der Waals surface area (Å²) in [5.41, 5.74) is 0.879. The maximum absolute atomic E-state index is 13.6. The van der Waals surface area contributed by atoms with Crippen molar-refractivity contribution in [3.05, 3.63) is 82.3 Å². The highest BCUT2D eigenvalue weighted by molar-refractivity contribution is 7.21. The van der Waals surface area contributed by atoms with Crippen LogP contribution < -0.4 is 14.4 Å². The fourth-order valence-corrected chi connectivity index (χ4v) is 4.67. The number of hydrogen-bond donors (Lipinski definition) is 0. The lowest BCUT2D eigenvalue weighted by Crippen LogP contribution is -2.30. The molecular formula is C23H19ClN2O3S. The van der Waals surface area contributed by atoms with Gasteiger partial charge in [0.1, 0.15) is 10.7 Å². The summed E-state index contributed by atoms with van der Waals surface area (Å²) in [6.45, 7) is 0.306. The molecule has 0 aliphatic carbocycles. The first-order valence-electron chi connectivity index (χ1n) is 9.23. The molecule has 2 heterocycles. The molecule has 0 aliphatic heterocycles. The maximum Gasteiger partial charge on any atom is 0.271 e. The molecule has 2 aromatic carbocycles. The van der Waals surface area contributed by atoms with Crippen LogP contribution in [0, 0.1) is 0 Å². The zero-order valence-electron chi connectivity index (χ0n) is 16.5. The number of methoxy groups -OCH3 is 2. The molecule has 5 nitrogen and oxygen atoms in total. The third-order valence-electron chi connectivity index (χ3n) is 4.69. The van der Waals surface area contributed by atoms with Gasteiger partial charge in [0, 0.05) is 16.3 Å². The normalized spacial score (nSPS) is 10.8. The predicted molar refractivity (Wildman–Crippen MR) is 121 cm³/mol. The van der Waals surface area contributed by atoms with E-state index in [-0.39, 0.29) is 5.91 Å². The number of hydrogen-bond acceptors (Lipinski definition) is 5. The zero-order valence-corrected chi connectivity index (χ0v) is 18.0. The number of pyridine rings is 1. The Labute approximate surface area is 183 Å². The van der Waals surface area contributed by atoms with Crippen LogP contribution in [0.2, 0.25) is 5.02 Å². The molecule has 4 aromatic rings. The molecule has 0 atom stereocenters. The first-order chi connectivity index (χ1) is 14.6. The summed E-state index contributed by atoms with van der Waals surface area (Å²) >= 11 is 7.96. The molecule has 0 radical (unpaired) electrons. The van der Waals surface area contributed by atoms with E-state index in [0.717, 1.165) is 15.6 Å². The predicted octanol–water partition coefficient (Wildman–Crippen LogP) is 5.81. The summed E-state index contributed by atoms with van der Waals surface area (Å²) in [7, 11) is 3.17. The SMILES string of the molecule is COc1ccc(CN(C(=O)c2sc3ccccc3c2Cl)c2ccccn2)cc1OC. The number of amides is 1. The molecule has 0 N–H and O–H groups in total. The van der Waals surface area contributed by atoms with E-state index < -0.39 is 0 Å². The number of benzene rings is 2. The van der Waals surface area contributed by atoms with Crippen LogP contribution in [-0.2, 0) is 6.54 Å². The van der Waals surface area contributed by atoms with Crippen molar-refractivity contribution < 1.29 is 14.3 Å². The van der Waals surface area contributed by atoms with Crippen molar-refractivity contribution in [3.63, 3.8) is 0 Å². The van der Waals surface area contributed by atoms with Gasteiger partial charge in [0.15, 0.2) is 11.5 Å². The monoisotopic (exact) mass is 438 g/mol. The van der Waals surface area contributed by atoms with E-state index in [2.05, 4.69) is 4.98 Å². The van der Waals surface area contributed by atoms with Crippen LogP contribution in [0.4, 0.5) is 5.82 Å². The highest BCUT2D eigenvalue weighted by atomic mass is 35.5. The van der Waals surface area contributed by atoms with E-state index in [9.17, 15) is 4.79 Å². The van der Waals surface area contributed by atoms with Gasteiger partial charge in [-0.25, -0.2) is 4.98 Å². The third kappa shape index (κ3) is 3.84. The summed E-state index contributed by atoms with van der Waals surface area (Å²) in [4.78, 5) is 20.1. The Hall–Kier alpha value is -3.09. The lowest BCUT2D eigenvalue weighted by molar-refractivity contribution is 0.0988. The van der Waals surface area contributed by atoms with Crippen LogP contribution in [0.5, 0.6) is 11.5 Å². The number of aromatic nitrogens is 1. The van der Waals surface area contributed by atoms with E-state index in [1.165, 1.54) is 11.3 Å². The Morgan fingerprint density at radius 3 is 2.50 bits per heavy atom. The molecule has 152 valence electrons. The first kappa shape index (κ1) is 20.2. The van der Waals surface area contributed by atoms with Crippen molar-refractivity contribution in [1.29, 1.82) is 0 Å². The highest BCUT2D eigenvalue weighted by Gasteiger charge is 2.25. The summed E-state index contributed by atoms with van der Waals surface area (Å²) in [6.07, 6.45) is 1.66. The van der Waals surface area contributed by atoms with E-state index in [1.54, 1.807) is 31.4 Å². The van der Waals surface area contributed by atoms with Crippen molar-refractivity contribution in [2.24, 2.45) is 0 Å². The summed E-state index contributed by atoms with van der Waals surface area (Å²) in [6, 6.07) is 18.8. The Morgan fingerprint density at radius 1 is 1.03 bits per heavy atom. The largest absolute Gasteiger partial charge is 0.493 e. The van der Waals surface area contributed by atoms with Gasteiger partial charge >= 0.3 is 0 Å². The minimum absolute atomic E-state index is 0.199. The molecule has 0 saturated heterocycles. The third-order valence-corrected chi connectivity index (χ3v) is 6.35. The van der Waals surface area contributed by atoms with Crippen LogP contribution in [-0.4, -0.2) is 25.1 Å². The van der Waals surface area contributed by atoms with Crippen molar-refractivity contribution >= 4 is 44.7 Å². The van der Waals surface area contributed by atoms with Gasteiger partial charge in [-0.2, -0.15) is 0 Å². The van der Waals surface area contributed by atoms with Gasteiger partial charge in [-0.05, 0) is 35.9 Å². The topological polar surface area (TPSA) is 51.7 Å². The number of carbonyl (C=O) groups is 1. The Kier molecular flexibility index (Phi) is 5.88. The van der Waals surface area contributed by atoms with Crippen LogP contribution in [0.3, 0.4) is 0 Å². The van der Waals surface area contributed by atoms with Gasteiger partial charge in [-0.3, -0.25) is 9.69 Å².